The van der Waals surface area contributed by atoms with E-state index in [1.807, 2.05) is 12.1 Å². The second-order valence-corrected chi connectivity index (χ2v) is 5.92. The number of fused-ring (bicyclic) bond motifs is 1. The van der Waals surface area contributed by atoms with Gasteiger partial charge in [0, 0.05) is 16.2 Å². The molecule has 1 amide bonds. The van der Waals surface area contributed by atoms with E-state index >= 15 is 0 Å². The van der Waals surface area contributed by atoms with Crippen molar-refractivity contribution in [2.75, 3.05) is 0 Å². The normalized spacial score (nSPS) is 11.4. The van der Waals surface area contributed by atoms with Crippen LogP contribution in [0.25, 0.3) is 10.8 Å². The van der Waals surface area contributed by atoms with Crippen LogP contribution in [0.15, 0.2) is 58.2 Å². The van der Waals surface area contributed by atoms with Crippen LogP contribution in [0, 0.1) is 0 Å². The minimum absolute atomic E-state index is 0.0192. The van der Waals surface area contributed by atoms with Gasteiger partial charge in [-0.25, -0.2) is 5.43 Å². The highest BCUT2D eigenvalue weighted by Gasteiger charge is 2.12. The molecule has 0 bridgehead atoms. The van der Waals surface area contributed by atoms with E-state index in [4.69, 9.17) is 0 Å². The summed E-state index contributed by atoms with van der Waals surface area (Å²) in [5.74, 6) is -0.479. The number of hydrogen-bond acceptors (Lipinski definition) is 3. The molecule has 128 valence electrons. The number of nitrogens with zero attached hydrogens (tertiary/aromatic N) is 1. The lowest BCUT2D eigenvalue weighted by Gasteiger charge is -2.10. The van der Waals surface area contributed by atoms with Gasteiger partial charge in [-0.1, -0.05) is 30.3 Å². The standard InChI is InChI=1S/C17H12BrF2N3O2/c18-11-7-14(21-8-11)16(24)23-22-9-13-12-4-2-1-3-10(12)5-6-15(13)25-17(19)20/h1-9,17,21H,(H,23,24)/b22-9-. The van der Waals surface area contributed by atoms with Crippen molar-refractivity contribution in [3.63, 3.8) is 0 Å². The fraction of sp³-hybridized carbons (Fsp3) is 0.0588. The van der Waals surface area contributed by atoms with E-state index in [0.717, 1.165) is 9.86 Å². The van der Waals surface area contributed by atoms with Gasteiger partial charge in [0.15, 0.2) is 0 Å². The fourth-order valence-corrected chi connectivity index (χ4v) is 2.67. The lowest BCUT2D eigenvalue weighted by molar-refractivity contribution is -0.0498. The molecule has 0 unspecified atom stereocenters. The SMILES string of the molecule is O=C(N/N=C\c1c(OC(F)F)ccc2ccccc12)c1cc(Br)c[nH]1. The van der Waals surface area contributed by atoms with Crippen LogP contribution < -0.4 is 10.2 Å². The number of H-pyrrole nitrogens is 1. The summed E-state index contributed by atoms with van der Waals surface area (Å²) in [7, 11) is 0. The Hall–Kier alpha value is -2.74. The van der Waals surface area contributed by atoms with E-state index in [0.29, 0.717) is 16.6 Å². The van der Waals surface area contributed by atoms with Gasteiger partial charge >= 0.3 is 6.61 Å². The van der Waals surface area contributed by atoms with Crippen molar-refractivity contribution in [2.24, 2.45) is 5.10 Å². The van der Waals surface area contributed by atoms with Crippen molar-refractivity contribution >= 4 is 38.8 Å². The number of aromatic nitrogens is 1. The molecule has 0 aliphatic rings. The Morgan fingerprint density at radius 2 is 2.08 bits per heavy atom. The van der Waals surface area contributed by atoms with Crippen molar-refractivity contribution in [3.8, 4) is 5.75 Å². The van der Waals surface area contributed by atoms with Crippen LogP contribution in [0.2, 0.25) is 0 Å². The third-order valence-electron chi connectivity index (χ3n) is 3.40. The Bertz CT molecular complexity index is 941. The predicted octanol–water partition coefficient (Wildman–Crippen LogP) is 4.30. The second kappa shape index (κ2) is 7.43. The first-order valence-electron chi connectivity index (χ1n) is 7.18. The number of nitrogens with one attached hydrogen (secondary N) is 2. The van der Waals surface area contributed by atoms with Crippen molar-refractivity contribution in [1.29, 1.82) is 0 Å². The molecule has 0 aliphatic carbocycles. The Morgan fingerprint density at radius 1 is 1.28 bits per heavy atom. The zero-order chi connectivity index (χ0) is 17.8. The van der Waals surface area contributed by atoms with E-state index in [1.54, 1.807) is 30.5 Å². The van der Waals surface area contributed by atoms with Gasteiger partial charge < -0.3 is 9.72 Å². The van der Waals surface area contributed by atoms with Crippen LogP contribution in [0.4, 0.5) is 8.78 Å². The molecule has 5 nitrogen and oxygen atoms in total. The molecule has 3 aromatic rings. The highest BCUT2D eigenvalue weighted by atomic mass is 79.9. The lowest BCUT2D eigenvalue weighted by atomic mass is 10.0. The van der Waals surface area contributed by atoms with E-state index in [9.17, 15) is 13.6 Å². The molecule has 0 spiro atoms. The van der Waals surface area contributed by atoms with E-state index in [-0.39, 0.29) is 5.75 Å². The third-order valence-corrected chi connectivity index (χ3v) is 3.86. The first-order valence-corrected chi connectivity index (χ1v) is 7.98. The van der Waals surface area contributed by atoms with Gasteiger partial charge in [0.25, 0.3) is 5.91 Å². The first kappa shape index (κ1) is 17.1. The Morgan fingerprint density at radius 3 is 2.80 bits per heavy atom. The van der Waals surface area contributed by atoms with Crippen LogP contribution in [-0.4, -0.2) is 23.7 Å². The molecule has 0 fully saturated rings. The highest BCUT2D eigenvalue weighted by molar-refractivity contribution is 9.10. The van der Waals surface area contributed by atoms with Gasteiger partial charge in [-0.05, 0) is 38.8 Å². The number of amides is 1. The first-order chi connectivity index (χ1) is 12.0. The molecule has 1 aromatic heterocycles. The number of hydrogen-bond donors (Lipinski definition) is 2. The maximum atomic E-state index is 12.6. The molecule has 3 rings (SSSR count). The Labute approximate surface area is 149 Å². The van der Waals surface area contributed by atoms with Gasteiger partial charge in [-0.15, -0.1) is 0 Å². The largest absolute Gasteiger partial charge is 0.434 e. The van der Waals surface area contributed by atoms with Crippen LogP contribution in [0.5, 0.6) is 5.75 Å². The number of carbonyl (C=O) groups excluding carboxylic acids is 1. The van der Waals surface area contributed by atoms with Crippen LogP contribution in [0.1, 0.15) is 16.1 Å². The van der Waals surface area contributed by atoms with Crippen molar-refractivity contribution in [2.45, 2.75) is 6.61 Å². The quantitative estimate of drug-likeness (QED) is 0.489. The summed E-state index contributed by atoms with van der Waals surface area (Å²) in [4.78, 5) is 14.7. The maximum Gasteiger partial charge on any atom is 0.387 e. The van der Waals surface area contributed by atoms with Gasteiger partial charge in [0.1, 0.15) is 11.4 Å². The second-order valence-electron chi connectivity index (χ2n) is 5.01. The van der Waals surface area contributed by atoms with Gasteiger partial charge in [0.2, 0.25) is 0 Å². The average molecular weight is 408 g/mol. The number of hydrazone groups is 1. The average Bonchev–Trinajstić information content (AvgIpc) is 3.02. The predicted molar refractivity (Wildman–Crippen MR) is 94.1 cm³/mol. The molecular formula is C17H12BrF2N3O2. The number of alkyl halides is 2. The number of rotatable bonds is 5. The van der Waals surface area contributed by atoms with Crippen molar-refractivity contribution in [3.05, 3.63) is 64.4 Å². The summed E-state index contributed by atoms with van der Waals surface area (Å²) in [6.45, 7) is -2.96. The number of halogens is 3. The summed E-state index contributed by atoms with van der Waals surface area (Å²) in [6.07, 6.45) is 2.90. The number of aromatic amines is 1. The molecule has 0 radical (unpaired) electrons. The summed E-state index contributed by atoms with van der Waals surface area (Å²) in [5, 5.41) is 5.38. The molecule has 0 atom stereocenters. The maximum absolute atomic E-state index is 12.6. The van der Waals surface area contributed by atoms with Crippen molar-refractivity contribution < 1.29 is 18.3 Å². The van der Waals surface area contributed by atoms with Crippen LogP contribution in [0.3, 0.4) is 0 Å². The summed E-state index contributed by atoms with van der Waals surface area (Å²) in [6, 6.07) is 11.9. The molecular weight excluding hydrogens is 396 g/mol. The summed E-state index contributed by atoms with van der Waals surface area (Å²) >= 11 is 3.23. The number of carbonyl (C=O) groups is 1. The smallest absolute Gasteiger partial charge is 0.387 e. The zero-order valence-electron chi connectivity index (χ0n) is 12.7. The summed E-state index contributed by atoms with van der Waals surface area (Å²) in [5.41, 5.74) is 3.01. The minimum Gasteiger partial charge on any atom is -0.434 e. The monoisotopic (exact) mass is 407 g/mol. The van der Waals surface area contributed by atoms with Gasteiger partial charge in [-0.2, -0.15) is 13.9 Å². The van der Waals surface area contributed by atoms with E-state index in [2.05, 4.69) is 36.2 Å². The molecule has 0 saturated heterocycles. The molecule has 8 heteroatoms. The fourth-order valence-electron chi connectivity index (χ4n) is 2.32. The Balaban J connectivity index is 1.89. The minimum atomic E-state index is -2.96. The molecule has 2 N–H and O–H groups in total. The van der Waals surface area contributed by atoms with Crippen LogP contribution >= 0.6 is 15.9 Å². The van der Waals surface area contributed by atoms with E-state index in [1.165, 1.54) is 12.3 Å². The van der Waals surface area contributed by atoms with E-state index < -0.39 is 12.5 Å². The molecule has 0 saturated carbocycles. The molecule has 2 aromatic carbocycles. The lowest BCUT2D eigenvalue weighted by Crippen LogP contribution is -2.18. The molecule has 1 heterocycles. The van der Waals surface area contributed by atoms with Crippen LogP contribution in [-0.2, 0) is 0 Å². The van der Waals surface area contributed by atoms with Crippen molar-refractivity contribution in [1.82, 2.24) is 10.4 Å². The Kier molecular flexibility index (Phi) is 5.08. The van der Waals surface area contributed by atoms with Gasteiger partial charge in [-0.3, -0.25) is 4.79 Å². The topological polar surface area (TPSA) is 66.5 Å². The summed E-state index contributed by atoms with van der Waals surface area (Å²) < 4.78 is 30.5. The third kappa shape index (κ3) is 4.03. The highest BCUT2D eigenvalue weighted by Crippen LogP contribution is 2.27. The number of benzene rings is 2. The molecule has 25 heavy (non-hydrogen) atoms. The molecule has 0 aliphatic heterocycles. The number of ether oxygens (including phenoxy) is 1. The zero-order valence-corrected chi connectivity index (χ0v) is 14.3. The van der Waals surface area contributed by atoms with Gasteiger partial charge in [0.05, 0.1) is 6.21 Å².